The Kier molecular flexibility index (Phi) is 6.13. The molecule has 4 nitrogen and oxygen atoms in total. The summed E-state index contributed by atoms with van der Waals surface area (Å²) in [5, 5.41) is 3.43. The Morgan fingerprint density at radius 3 is 2.43 bits per heavy atom. The number of halogens is 2. The fraction of sp³-hybridized carbons (Fsp3) is 0.235. The van der Waals surface area contributed by atoms with E-state index in [9.17, 15) is 4.79 Å². The van der Waals surface area contributed by atoms with E-state index < -0.39 is 0 Å². The third-order valence-corrected chi connectivity index (χ3v) is 3.71. The molecule has 2 aromatic carbocycles. The van der Waals surface area contributed by atoms with E-state index in [1.165, 1.54) is 0 Å². The second-order valence-electron chi connectivity index (χ2n) is 4.47. The molecule has 1 amide bonds. The van der Waals surface area contributed by atoms with Gasteiger partial charge in [-0.25, -0.2) is 0 Å². The lowest BCUT2D eigenvalue weighted by Gasteiger charge is -2.09. The van der Waals surface area contributed by atoms with Gasteiger partial charge in [0.1, 0.15) is 0 Å². The minimum atomic E-state index is -0.316. The number of carbonyl (C=O) groups excluding carboxylic acids is 1. The maximum atomic E-state index is 12.2. The topological polar surface area (TPSA) is 47.6 Å². The molecule has 0 atom stereocenters. The van der Waals surface area contributed by atoms with Gasteiger partial charge in [-0.05, 0) is 29.8 Å². The lowest BCUT2D eigenvalue weighted by Crippen LogP contribution is -2.23. The van der Waals surface area contributed by atoms with Gasteiger partial charge in [0.05, 0.1) is 15.6 Å². The molecule has 2 aromatic rings. The summed E-state index contributed by atoms with van der Waals surface area (Å²) in [5.74, 6) is 1.07. The average Bonchev–Trinajstić information content (AvgIpc) is 3.02. The molecule has 0 fully saturated rings. The van der Waals surface area contributed by atoms with Crippen molar-refractivity contribution in [1.82, 2.24) is 5.32 Å². The van der Waals surface area contributed by atoms with E-state index in [0.717, 1.165) is 5.56 Å². The van der Waals surface area contributed by atoms with Crippen LogP contribution in [0.4, 0.5) is 0 Å². The molecule has 0 saturated heterocycles. The quantitative estimate of drug-likeness (QED) is 0.871. The number of ether oxygens (including phenoxy) is 2. The molecule has 0 saturated carbocycles. The number of benzene rings is 2. The first-order chi connectivity index (χ1) is 11.1. The molecule has 23 heavy (non-hydrogen) atoms. The number of rotatable bonds is 3. The van der Waals surface area contributed by atoms with Gasteiger partial charge in [0.2, 0.25) is 6.79 Å². The van der Waals surface area contributed by atoms with Gasteiger partial charge in [0, 0.05) is 6.54 Å². The molecular formula is C17H17Cl2NO3. The molecule has 1 aliphatic rings. The zero-order valence-corrected chi connectivity index (χ0v) is 14.4. The van der Waals surface area contributed by atoms with Crippen LogP contribution >= 0.6 is 23.2 Å². The number of fused-ring (bicyclic) bond motifs is 1. The first kappa shape index (κ1) is 17.4. The zero-order chi connectivity index (χ0) is 16.8. The van der Waals surface area contributed by atoms with Crippen molar-refractivity contribution < 1.29 is 14.3 Å². The third kappa shape index (κ3) is 4.09. The number of hydrogen-bond donors (Lipinski definition) is 1. The Morgan fingerprint density at radius 2 is 1.74 bits per heavy atom. The molecule has 3 rings (SSSR count). The van der Waals surface area contributed by atoms with Crippen molar-refractivity contribution in [2.75, 3.05) is 6.79 Å². The maximum absolute atomic E-state index is 12.2. The highest BCUT2D eigenvalue weighted by Crippen LogP contribution is 2.32. The standard InChI is InChI=1S/C15H11Cl2NO3.C2H6/c16-10-2-1-3-11(17)14(10)15(19)18-7-9-4-5-12-13(6-9)21-8-20-12;1-2/h1-6H,7-8H2,(H,18,19);1-2H3. The van der Waals surface area contributed by atoms with E-state index in [4.69, 9.17) is 32.7 Å². The van der Waals surface area contributed by atoms with E-state index in [-0.39, 0.29) is 18.3 Å². The van der Waals surface area contributed by atoms with Gasteiger partial charge in [-0.15, -0.1) is 0 Å². The lowest BCUT2D eigenvalue weighted by molar-refractivity contribution is 0.0951. The normalized spacial score (nSPS) is 11.5. The fourth-order valence-electron chi connectivity index (χ4n) is 2.04. The number of hydrogen-bond acceptors (Lipinski definition) is 3. The van der Waals surface area contributed by atoms with Crippen LogP contribution in [0.15, 0.2) is 36.4 Å². The molecule has 0 aliphatic carbocycles. The van der Waals surface area contributed by atoms with Gasteiger partial charge >= 0.3 is 0 Å². The van der Waals surface area contributed by atoms with Crippen molar-refractivity contribution >= 4 is 29.1 Å². The van der Waals surface area contributed by atoms with Gasteiger partial charge in [0.15, 0.2) is 11.5 Å². The average molecular weight is 354 g/mol. The molecule has 0 aromatic heterocycles. The van der Waals surface area contributed by atoms with Crippen LogP contribution in [0.5, 0.6) is 11.5 Å². The van der Waals surface area contributed by atoms with E-state index in [1.54, 1.807) is 18.2 Å². The summed E-state index contributed by atoms with van der Waals surface area (Å²) in [4.78, 5) is 12.2. The second-order valence-corrected chi connectivity index (χ2v) is 5.28. The predicted octanol–water partition coefficient (Wildman–Crippen LogP) is 4.68. The Bertz CT molecular complexity index is 684. The summed E-state index contributed by atoms with van der Waals surface area (Å²) >= 11 is 12.0. The Labute approximate surface area is 145 Å². The summed E-state index contributed by atoms with van der Waals surface area (Å²) in [5.41, 5.74) is 1.18. The Hall–Kier alpha value is -1.91. The van der Waals surface area contributed by atoms with Crippen LogP contribution in [-0.2, 0) is 6.54 Å². The summed E-state index contributed by atoms with van der Waals surface area (Å²) in [6.45, 7) is 4.57. The summed E-state index contributed by atoms with van der Waals surface area (Å²) in [7, 11) is 0. The van der Waals surface area contributed by atoms with Crippen molar-refractivity contribution in [3.63, 3.8) is 0 Å². The second kappa shape index (κ2) is 8.09. The largest absolute Gasteiger partial charge is 0.454 e. The molecular weight excluding hydrogens is 337 g/mol. The first-order valence-corrected chi connectivity index (χ1v) is 8.01. The van der Waals surface area contributed by atoms with Crippen LogP contribution < -0.4 is 14.8 Å². The minimum absolute atomic E-state index is 0.223. The molecule has 1 aliphatic heterocycles. The van der Waals surface area contributed by atoms with Crippen molar-refractivity contribution in [3.05, 3.63) is 57.6 Å². The molecule has 1 N–H and O–H groups in total. The maximum Gasteiger partial charge on any atom is 0.254 e. The number of amides is 1. The third-order valence-electron chi connectivity index (χ3n) is 3.08. The summed E-state index contributed by atoms with van der Waals surface area (Å²) in [6, 6.07) is 10.5. The molecule has 0 unspecified atom stereocenters. The number of carbonyl (C=O) groups is 1. The fourth-order valence-corrected chi connectivity index (χ4v) is 2.61. The van der Waals surface area contributed by atoms with Crippen LogP contribution in [0.1, 0.15) is 29.8 Å². The first-order valence-electron chi connectivity index (χ1n) is 7.26. The molecule has 1 heterocycles. The highest BCUT2D eigenvalue weighted by atomic mass is 35.5. The SMILES string of the molecule is CC.O=C(NCc1ccc2c(c1)OCO2)c1c(Cl)cccc1Cl. The van der Waals surface area contributed by atoms with Gasteiger partial charge < -0.3 is 14.8 Å². The van der Waals surface area contributed by atoms with E-state index in [0.29, 0.717) is 28.1 Å². The van der Waals surface area contributed by atoms with Gasteiger partial charge in [0.25, 0.3) is 5.91 Å². The van der Waals surface area contributed by atoms with E-state index >= 15 is 0 Å². The minimum Gasteiger partial charge on any atom is -0.454 e. The predicted molar refractivity (Wildman–Crippen MR) is 91.5 cm³/mol. The summed E-state index contributed by atoms with van der Waals surface area (Å²) in [6.07, 6.45) is 0. The van der Waals surface area contributed by atoms with E-state index in [1.807, 2.05) is 32.0 Å². The monoisotopic (exact) mass is 353 g/mol. The number of nitrogens with one attached hydrogen (secondary N) is 1. The molecule has 0 radical (unpaired) electrons. The highest BCUT2D eigenvalue weighted by Gasteiger charge is 2.16. The van der Waals surface area contributed by atoms with Gasteiger partial charge in [-0.1, -0.05) is 49.2 Å². The van der Waals surface area contributed by atoms with Crippen molar-refractivity contribution in [2.45, 2.75) is 20.4 Å². The highest BCUT2D eigenvalue weighted by molar-refractivity contribution is 6.39. The van der Waals surface area contributed by atoms with E-state index in [2.05, 4.69) is 5.32 Å². The van der Waals surface area contributed by atoms with Crippen molar-refractivity contribution in [1.29, 1.82) is 0 Å². The molecule has 122 valence electrons. The van der Waals surface area contributed by atoms with Crippen LogP contribution in [0, 0.1) is 0 Å². The molecule has 0 spiro atoms. The lowest BCUT2D eigenvalue weighted by atomic mass is 10.1. The van der Waals surface area contributed by atoms with Crippen LogP contribution in [-0.4, -0.2) is 12.7 Å². The molecule has 0 bridgehead atoms. The summed E-state index contributed by atoms with van der Waals surface area (Å²) < 4.78 is 10.5. The zero-order valence-electron chi connectivity index (χ0n) is 12.9. The molecule has 6 heteroatoms. The van der Waals surface area contributed by atoms with Gasteiger partial charge in [-0.2, -0.15) is 0 Å². The van der Waals surface area contributed by atoms with Crippen molar-refractivity contribution in [2.24, 2.45) is 0 Å². The van der Waals surface area contributed by atoms with Crippen LogP contribution in [0.2, 0.25) is 10.0 Å². The van der Waals surface area contributed by atoms with Crippen LogP contribution in [0.3, 0.4) is 0 Å². The van der Waals surface area contributed by atoms with Crippen LogP contribution in [0.25, 0.3) is 0 Å². The van der Waals surface area contributed by atoms with Gasteiger partial charge in [-0.3, -0.25) is 4.79 Å². The Morgan fingerprint density at radius 1 is 1.09 bits per heavy atom. The Balaban J connectivity index is 0.000000924. The smallest absolute Gasteiger partial charge is 0.254 e. The van der Waals surface area contributed by atoms with Crippen molar-refractivity contribution in [3.8, 4) is 11.5 Å².